The molecular weight excluding hydrogens is 306 g/mol. The average Bonchev–Trinajstić information content (AvgIpc) is 2.61. The summed E-state index contributed by atoms with van der Waals surface area (Å²) in [5, 5.41) is 11.1. The lowest BCUT2D eigenvalue weighted by Gasteiger charge is -2.37. The fourth-order valence-electron chi connectivity index (χ4n) is 3.41. The molecule has 0 spiro atoms. The number of ether oxygens (including phenoxy) is 1. The Morgan fingerprint density at radius 3 is 3.12 bits per heavy atom. The van der Waals surface area contributed by atoms with Gasteiger partial charge >= 0.3 is 0 Å². The molecule has 2 aliphatic heterocycles. The van der Waals surface area contributed by atoms with Gasteiger partial charge in [0.15, 0.2) is 0 Å². The summed E-state index contributed by atoms with van der Waals surface area (Å²) in [6.45, 7) is 6.47. The Hall–Kier alpha value is -1.73. The van der Waals surface area contributed by atoms with Crippen molar-refractivity contribution < 1.29 is 9.53 Å². The zero-order valence-electron chi connectivity index (χ0n) is 14.4. The van der Waals surface area contributed by atoms with E-state index in [1.165, 1.54) is 6.42 Å². The van der Waals surface area contributed by atoms with Crippen molar-refractivity contribution in [3.8, 4) is 0 Å². The zero-order chi connectivity index (χ0) is 16.8. The van der Waals surface area contributed by atoms with E-state index in [9.17, 15) is 4.79 Å². The van der Waals surface area contributed by atoms with Crippen LogP contribution in [0.25, 0.3) is 0 Å². The van der Waals surface area contributed by atoms with E-state index in [0.717, 1.165) is 38.3 Å². The predicted molar refractivity (Wildman–Crippen MR) is 91.7 cm³/mol. The maximum atomic E-state index is 12.6. The van der Waals surface area contributed by atoms with Gasteiger partial charge in [0.25, 0.3) is 0 Å². The molecule has 7 nitrogen and oxygen atoms in total. The van der Waals surface area contributed by atoms with Gasteiger partial charge in [-0.2, -0.15) is 5.10 Å². The Morgan fingerprint density at radius 2 is 2.33 bits per heavy atom. The second-order valence-corrected chi connectivity index (χ2v) is 6.65. The van der Waals surface area contributed by atoms with Crippen molar-refractivity contribution in [3.63, 3.8) is 0 Å². The minimum atomic E-state index is 0.0623. The van der Waals surface area contributed by atoms with Gasteiger partial charge in [0.05, 0.1) is 19.3 Å². The van der Waals surface area contributed by atoms with Crippen LogP contribution in [0.5, 0.6) is 0 Å². The van der Waals surface area contributed by atoms with Gasteiger partial charge in [-0.25, -0.2) is 0 Å². The van der Waals surface area contributed by atoms with Crippen molar-refractivity contribution in [1.82, 2.24) is 20.0 Å². The lowest BCUT2D eigenvalue weighted by atomic mass is 10.0. The van der Waals surface area contributed by atoms with Crippen LogP contribution < -0.4 is 5.32 Å². The smallest absolute Gasteiger partial charge is 0.236 e. The lowest BCUT2D eigenvalue weighted by molar-refractivity contribution is -0.137. The molecule has 7 heteroatoms. The zero-order valence-corrected chi connectivity index (χ0v) is 14.4. The van der Waals surface area contributed by atoms with Crippen LogP contribution in [0.2, 0.25) is 0 Å². The normalized spacial score (nSPS) is 25.5. The predicted octanol–water partition coefficient (Wildman–Crippen LogP) is 0.990. The number of hydrogen-bond donors (Lipinski definition) is 1. The molecule has 1 amide bonds. The molecule has 2 aliphatic rings. The van der Waals surface area contributed by atoms with E-state index in [-0.39, 0.29) is 12.0 Å². The molecule has 2 fully saturated rings. The highest BCUT2D eigenvalue weighted by atomic mass is 16.5. The minimum absolute atomic E-state index is 0.0623. The SMILES string of the molecule is C[C@H]1CCCCN1C(=O)CN1CCO[C@@H](CNc2cccnn2)C1. The summed E-state index contributed by atoms with van der Waals surface area (Å²) in [7, 11) is 0. The van der Waals surface area contributed by atoms with Crippen LogP contribution in [0.3, 0.4) is 0 Å². The maximum Gasteiger partial charge on any atom is 0.236 e. The summed E-state index contributed by atoms with van der Waals surface area (Å²) in [5.41, 5.74) is 0. The molecule has 2 atom stereocenters. The molecule has 1 aromatic heterocycles. The molecule has 0 unspecified atom stereocenters. The van der Waals surface area contributed by atoms with Crippen molar-refractivity contribution in [2.75, 3.05) is 44.6 Å². The maximum absolute atomic E-state index is 12.6. The highest BCUT2D eigenvalue weighted by molar-refractivity contribution is 5.78. The summed E-state index contributed by atoms with van der Waals surface area (Å²) < 4.78 is 5.80. The van der Waals surface area contributed by atoms with Crippen LogP contribution in [0.15, 0.2) is 18.3 Å². The highest BCUT2D eigenvalue weighted by Gasteiger charge is 2.27. The molecule has 3 rings (SSSR count). The minimum Gasteiger partial charge on any atom is -0.374 e. The van der Waals surface area contributed by atoms with Crippen molar-refractivity contribution in [2.45, 2.75) is 38.3 Å². The molecule has 24 heavy (non-hydrogen) atoms. The van der Waals surface area contributed by atoms with Crippen molar-refractivity contribution in [1.29, 1.82) is 0 Å². The lowest BCUT2D eigenvalue weighted by Crippen LogP contribution is -2.51. The van der Waals surface area contributed by atoms with E-state index < -0.39 is 0 Å². The van der Waals surface area contributed by atoms with Gasteiger partial charge in [0.2, 0.25) is 5.91 Å². The first kappa shape index (κ1) is 17.1. The number of amides is 1. The van der Waals surface area contributed by atoms with Crippen molar-refractivity contribution >= 4 is 11.7 Å². The van der Waals surface area contributed by atoms with Gasteiger partial charge in [-0.05, 0) is 38.3 Å². The number of morpholine rings is 1. The third-order valence-electron chi connectivity index (χ3n) is 4.79. The van der Waals surface area contributed by atoms with E-state index in [2.05, 4.69) is 27.3 Å². The summed E-state index contributed by atoms with van der Waals surface area (Å²) >= 11 is 0. The number of piperidine rings is 1. The standard InChI is InChI=1S/C17H27N5O2/c1-14-5-2-3-8-22(14)17(23)13-21-9-10-24-15(12-21)11-18-16-6-4-7-19-20-16/h4,6-7,14-15H,2-3,5,8-13H2,1H3,(H,18,20)/t14-,15-/m0/s1. The first-order chi connectivity index (χ1) is 11.7. The molecule has 1 aromatic rings. The second kappa shape index (κ2) is 8.39. The van der Waals surface area contributed by atoms with Crippen LogP contribution in [0.1, 0.15) is 26.2 Å². The number of hydrogen-bond acceptors (Lipinski definition) is 6. The number of carbonyl (C=O) groups is 1. The molecule has 132 valence electrons. The molecule has 0 aliphatic carbocycles. The molecule has 3 heterocycles. The topological polar surface area (TPSA) is 70.6 Å². The number of nitrogens with zero attached hydrogens (tertiary/aromatic N) is 4. The van der Waals surface area contributed by atoms with Gasteiger partial charge in [0.1, 0.15) is 5.82 Å². The van der Waals surface area contributed by atoms with Crippen molar-refractivity contribution in [2.24, 2.45) is 0 Å². The molecule has 2 saturated heterocycles. The Kier molecular flexibility index (Phi) is 5.98. The summed E-state index contributed by atoms with van der Waals surface area (Å²) in [6.07, 6.45) is 5.20. The highest BCUT2D eigenvalue weighted by Crippen LogP contribution is 2.17. The van der Waals surface area contributed by atoms with E-state index in [1.54, 1.807) is 6.20 Å². The quantitative estimate of drug-likeness (QED) is 0.866. The van der Waals surface area contributed by atoms with Gasteiger partial charge < -0.3 is 15.0 Å². The van der Waals surface area contributed by atoms with Crippen LogP contribution in [-0.2, 0) is 9.53 Å². The van der Waals surface area contributed by atoms with Crippen LogP contribution >= 0.6 is 0 Å². The van der Waals surface area contributed by atoms with Crippen LogP contribution in [-0.4, -0.2) is 77.4 Å². The summed E-state index contributed by atoms with van der Waals surface area (Å²) in [5.74, 6) is 1.00. The Balaban J connectivity index is 1.45. The fourth-order valence-corrected chi connectivity index (χ4v) is 3.41. The molecule has 0 saturated carbocycles. The number of aromatic nitrogens is 2. The van der Waals surface area contributed by atoms with Crippen LogP contribution in [0.4, 0.5) is 5.82 Å². The van der Waals surface area contributed by atoms with E-state index in [0.29, 0.717) is 25.7 Å². The third-order valence-corrected chi connectivity index (χ3v) is 4.79. The van der Waals surface area contributed by atoms with Gasteiger partial charge in [0, 0.05) is 38.4 Å². The van der Waals surface area contributed by atoms with Crippen LogP contribution in [0, 0.1) is 0 Å². The van der Waals surface area contributed by atoms with Gasteiger partial charge in [-0.3, -0.25) is 9.69 Å². The summed E-state index contributed by atoms with van der Waals surface area (Å²) in [6, 6.07) is 4.11. The molecule has 0 radical (unpaired) electrons. The number of likely N-dealkylation sites (tertiary alicyclic amines) is 1. The number of rotatable bonds is 5. The van der Waals surface area contributed by atoms with E-state index in [4.69, 9.17) is 4.74 Å². The summed E-state index contributed by atoms with van der Waals surface area (Å²) in [4.78, 5) is 16.8. The number of carbonyl (C=O) groups excluding carboxylic acids is 1. The average molecular weight is 333 g/mol. The second-order valence-electron chi connectivity index (χ2n) is 6.65. The number of anilines is 1. The third kappa shape index (κ3) is 4.64. The van der Waals surface area contributed by atoms with Crippen molar-refractivity contribution in [3.05, 3.63) is 18.3 Å². The van der Waals surface area contributed by atoms with E-state index >= 15 is 0 Å². The first-order valence-corrected chi connectivity index (χ1v) is 8.87. The monoisotopic (exact) mass is 333 g/mol. The largest absolute Gasteiger partial charge is 0.374 e. The van der Waals surface area contributed by atoms with Gasteiger partial charge in [-0.1, -0.05) is 0 Å². The molecular formula is C17H27N5O2. The first-order valence-electron chi connectivity index (χ1n) is 8.87. The fraction of sp³-hybridized carbons (Fsp3) is 0.706. The van der Waals surface area contributed by atoms with E-state index in [1.807, 2.05) is 17.0 Å². The Labute approximate surface area is 143 Å². The number of nitrogens with one attached hydrogen (secondary N) is 1. The molecule has 0 aromatic carbocycles. The molecule has 1 N–H and O–H groups in total. The Morgan fingerprint density at radius 1 is 1.42 bits per heavy atom. The molecule has 0 bridgehead atoms. The van der Waals surface area contributed by atoms with Gasteiger partial charge in [-0.15, -0.1) is 5.10 Å². The Bertz CT molecular complexity index is 527.